The molecule has 6 nitrogen and oxygen atoms in total. The molecule has 4 atom stereocenters. The third-order valence-electron chi connectivity index (χ3n) is 9.12. The Morgan fingerprint density at radius 3 is 2.44 bits per heavy atom. The second-order valence-corrected chi connectivity index (χ2v) is 11.1. The highest BCUT2D eigenvalue weighted by atomic mass is 16.3. The molecule has 0 aromatic heterocycles. The summed E-state index contributed by atoms with van der Waals surface area (Å²) in [4.78, 5) is 55.6. The first kappa shape index (κ1) is 23.1. The first-order valence-corrected chi connectivity index (χ1v) is 13.1. The smallest absolute Gasteiger partial charge is 0.233 e. The molecule has 1 aliphatic heterocycles. The van der Waals surface area contributed by atoms with Crippen molar-refractivity contribution in [1.82, 2.24) is 4.90 Å². The van der Waals surface area contributed by atoms with Crippen LogP contribution in [0.3, 0.4) is 0 Å². The summed E-state index contributed by atoms with van der Waals surface area (Å²) in [6.45, 7) is 3.45. The molecule has 36 heavy (non-hydrogen) atoms. The van der Waals surface area contributed by atoms with Gasteiger partial charge in [-0.25, -0.2) is 0 Å². The fraction of sp³-hybridized carbons (Fsp3) is 0.467. The van der Waals surface area contributed by atoms with Crippen molar-refractivity contribution in [2.45, 2.75) is 70.8 Å². The number of para-hydroxylation sites is 1. The highest BCUT2D eigenvalue weighted by Gasteiger charge is 2.57. The van der Waals surface area contributed by atoms with E-state index in [4.69, 9.17) is 0 Å². The zero-order chi connectivity index (χ0) is 25.3. The van der Waals surface area contributed by atoms with Gasteiger partial charge in [-0.05, 0) is 57.1 Å². The molecule has 4 unspecified atom stereocenters. The lowest BCUT2D eigenvalue weighted by atomic mass is 9.59. The summed E-state index contributed by atoms with van der Waals surface area (Å²) < 4.78 is 0. The second-order valence-electron chi connectivity index (χ2n) is 11.1. The van der Waals surface area contributed by atoms with E-state index in [9.17, 15) is 24.3 Å². The van der Waals surface area contributed by atoms with Crippen LogP contribution in [0.2, 0.25) is 0 Å². The monoisotopic (exact) mass is 485 g/mol. The lowest BCUT2D eigenvalue weighted by molar-refractivity contribution is -0.143. The Morgan fingerprint density at radius 2 is 1.69 bits per heavy atom. The number of carbonyl (C=O) groups is 4. The molecule has 6 rings (SSSR count). The first-order valence-electron chi connectivity index (χ1n) is 13.1. The highest BCUT2D eigenvalue weighted by Crippen LogP contribution is 2.56. The maximum absolute atomic E-state index is 13.9. The predicted molar refractivity (Wildman–Crippen MR) is 133 cm³/mol. The van der Waals surface area contributed by atoms with Gasteiger partial charge in [-0.2, -0.15) is 0 Å². The number of ketones is 2. The first-order chi connectivity index (χ1) is 17.3. The van der Waals surface area contributed by atoms with Gasteiger partial charge in [0.1, 0.15) is 5.75 Å². The molecular formula is C30H31NO5. The normalized spacial score (nSPS) is 30.7. The molecule has 0 radical (unpaired) electrons. The molecule has 4 aliphatic carbocycles. The fourth-order valence-corrected chi connectivity index (χ4v) is 7.38. The number of amides is 2. The highest BCUT2D eigenvalue weighted by molar-refractivity contribution is 6.23. The maximum Gasteiger partial charge on any atom is 0.233 e. The van der Waals surface area contributed by atoms with Crippen molar-refractivity contribution >= 4 is 23.4 Å². The van der Waals surface area contributed by atoms with Crippen LogP contribution in [0.5, 0.6) is 5.75 Å². The van der Waals surface area contributed by atoms with Crippen molar-refractivity contribution < 1.29 is 24.3 Å². The Kier molecular flexibility index (Phi) is 5.39. The van der Waals surface area contributed by atoms with Crippen LogP contribution < -0.4 is 0 Å². The van der Waals surface area contributed by atoms with E-state index < -0.39 is 17.8 Å². The van der Waals surface area contributed by atoms with E-state index in [0.29, 0.717) is 34.3 Å². The summed E-state index contributed by atoms with van der Waals surface area (Å²) >= 11 is 0. The molecule has 2 fully saturated rings. The van der Waals surface area contributed by atoms with Gasteiger partial charge in [0.05, 0.1) is 11.8 Å². The standard InChI is InChI=1S/C30H31NO5/c1-15-7-6-10-19(27(15)33)24-18-11-12-20-25(30(36)31(29(20)35)17-8-4-3-5-9-17)21(18)14-22-26(24)23(32)13-16(2)28(22)34/h6-7,10-11,13,17,20-21,24-25,33H,3-5,8-9,12,14H2,1-2H3. The number of carbonyl (C=O) groups excluding carboxylic acids is 4. The largest absolute Gasteiger partial charge is 0.507 e. The van der Waals surface area contributed by atoms with E-state index >= 15 is 0 Å². The molecule has 6 heteroatoms. The van der Waals surface area contributed by atoms with E-state index in [0.717, 1.165) is 37.7 Å². The number of likely N-dealkylation sites (tertiary alicyclic amines) is 1. The number of rotatable bonds is 2. The molecule has 0 bridgehead atoms. The number of imide groups is 1. The van der Waals surface area contributed by atoms with Gasteiger partial charge in [0, 0.05) is 34.2 Å². The number of hydrogen-bond acceptors (Lipinski definition) is 5. The average molecular weight is 486 g/mol. The van der Waals surface area contributed by atoms with Crippen LogP contribution in [-0.2, 0) is 19.2 Å². The number of aromatic hydroxyl groups is 1. The van der Waals surface area contributed by atoms with Crippen LogP contribution in [0.25, 0.3) is 0 Å². The number of allylic oxidation sites excluding steroid dienone is 6. The minimum absolute atomic E-state index is 0.0363. The Balaban J connectivity index is 1.48. The summed E-state index contributed by atoms with van der Waals surface area (Å²) in [6, 6.07) is 5.40. The summed E-state index contributed by atoms with van der Waals surface area (Å²) in [5.74, 6) is -2.40. The van der Waals surface area contributed by atoms with Gasteiger partial charge >= 0.3 is 0 Å². The zero-order valence-electron chi connectivity index (χ0n) is 20.8. The lowest BCUT2D eigenvalue weighted by Crippen LogP contribution is -2.43. The third kappa shape index (κ3) is 3.23. The van der Waals surface area contributed by atoms with Gasteiger partial charge in [-0.3, -0.25) is 24.1 Å². The Hall–Kier alpha value is -3.28. The number of phenolic OH excluding ortho intramolecular Hbond substituents is 1. The van der Waals surface area contributed by atoms with E-state index in [1.165, 1.54) is 6.08 Å². The van der Waals surface area contributed by atoms with Crippen molar-refractivity contribution in [3.8, 4) is 5.75 Å². The number of Topliss-reactive ketones (excluding diaryl/α,β-unsaturated/α-hetero) is 1. The third-order valence-corrected chi connectivity index (χ3v) is 9.12. The van der Waals surface area contributed by atoms with Gasteiger partial charge < -0.3 is 5.11 Å². The quantitative estimate of drug-likeness (QED) is 0.379. The molecule has 5 aliphatic rings. The molecular weight excluding hydrogens is 454 g/mol. The fourth-order valence-electron chi connectivity index (χ4n) is 7.38. The average Bonchev–Trinajstić information content (AvgIpc) is 3.13. The van der Waals surface area contributed by atoms with Crippen molar-refractivity contribution in [3.05, 3.63) is 63.8 Å². The van der Waals surface area contributed by atoms with Crippen LogP contribution in [0.1, 0.15) is 68.9 Å². The van der Waals surface area contributed by atoms with Crippen molar-refractivity contribution in [3.63, 3.8) is 0 Å². The minimum Gasteiger partial charge on any atom is -0.507 e. The Morgan fingerprint density at radius 1 is 0.944 bits per heavy atom. The van der Waals surface area contributed by atoms with Crippen molar-refractivity contribution in [2.24, 2.45) is 17.8 Å². The van der Waals surface area contributed by atoms with Crippen LogP contribution >= 0.6 is 0 Å². The second kappa shape index (κ2) is 8.39. The molecule has 1 aromatic rings. The number of aryl methyl sites for hydroxylation is 1. The summed E-state index contributed by atoms with van der Waals surface area (Å²) in [5, 5.41) is 11.0. The summed E-state index contributed by atoms with van der Waals surface area (Å²) in [5.41, 5.74) is 3.38. The predicted octanol–water partition coefficient (Wildman–Crippen LogP) is 4.46. The topological polar surface area (TPSA) is 91.8 Å². The van der Waals surface area contributed by atoms with Gasteiger partial charge in [0.25, 0.3) is 0 Å². The van der Waals surface area contributed by atoms with E-state index in [-0.39, 0.29) is 47.5 Å². The lowest BCUT2D eigenvalue weighted by Gasteiger charge is -2.42. The van der Waals surface area contributed by atoms with Crippen molar-refractivity contribution in [1.29, 1.82) is 0 Å². The minimum atomic E-state index is -0.605. The van der Waals surface area contributed by atoms with Crippen LogP contribution in [0.4, 0.5) is 0 Å². The Labute approximate surface area is 210 Å². The number of nitrogens with zero attached hydrogens (tertiary/aromatic N) is 1. The number of phenols is 1. The number of benzene rings is 1. The van der Waals surface area contributed by atoms with E-state index in [2.05, 4.69) is 0 Å². The van der Waals surface area contributed by atoms with Gasteiger partial charge in [0.15, 0.2) is 11.6 Å². The van der Waals surface area contributed by atoms with Gasteiger partial charge in [0.2, 0.25) is 11.8 Å². The molecule has 1 N–H and O–H groups in total. The molecule has 2 amide bonds. The molecule has 1 aromatic carbocycles. The van der Waals surface area contributed by atoms with Crippen LogP contribution in [-0.4, -0.2) is 39.4 Å². The number of fused-ring (bicyclic) bond motifs is 3. The molecule has 1 saturated carbocycles. The maximum atomic E-state index is 13.9. The molecule has 186 valence electrons. The van der Waals surface area contributed by atoms with Gasteiger partial charge in [-0.1, -0.05) is 49.1 Å². The van der Waals surface area contributed by atoms with E-state index in [1.54, 1.807) is 30.9 Å². The van der Waals surface area contributed by atoms with Gasteiger partial charge in [-0.15, -0.1) is 0 Å². The SMILES string of the molecule is CC1=CC(=O)C2=C(CC3C(=CCC4C(=O)N(C5CCCCC5)C(=O)C43)C2c2cccc(C)c2O)C1=O. The van der Waals surface area contributed by atoms with E-state index in [1.807, 2.05) is 12.1 Å². The number of hydrogen-bond donors (Lipinski definition) is 1. The van der Waals surface area contributed by atoms with Crippen LogP contribution in [0.15, 0.2) is 52.6 Å². The summed E-state index contributed by atoms with van der Waals surface area (Å²) in [6.07, 6.45) is 9.01. The molecule has 0 spiro atoms. The van der Waals surface area contributed by atoms with Crippen molar-refractivity contribution in [2.75, 3.05) is 0 Å². The van der Waals surface area contributed by atoms with Crippen LogP contribution in [0, 0.1) is 24.7 Å². The molecule has 1 saturated heterocycles. The zero-order valence-corrected chi connectivity index (χ0v) is 20.8. The summed E-state index contributed by atoms with van der Waals surface area (Å²) in [7, 11) is 0. The Bertz CT molecular complexity index is 1310. The molecule has 1 heterocycles.